The highest BCUT2D eigenvalue weighted by molar-refractivity contribution is 14.1. The van der Waals surface area contributed by atoms with Crippen LogP contribution >= 0.6 is 22.6 Å². The van der Waals surface area contributed by atoms with Crippen LogP contribution in [-0.4, -0.2) is 31.5 Å². The number of carbonyl (C=O) groups is 1. The second kappa shape index (κ2) is 6.88. The van der Waals surface area contributed by atoms with Crippen LogP contribution in [0.2, 0.25) is 0 Å². The molecule has 1 N–H and O–H groups in total. The Balaban J connectivity index is 1.84. The van der Waals surface area contributed by atoms with Crippen molar-refractivity contribution in [2.75, 3.05) is 26.0 Å². The number of benzene rings is 2. The van der Waals surface area contributed by atoms with Gasteiger partial charge in [-0.15, -0.1) is 0 Å². The fourth-order valence-corrected chi connectivity index (χ4v) is 3.59. The summed E-state index contributed by atoms with van der Waals surface area (Å²) < 4.78 is 6.29. The summed E-state index contributed by atoms with van der Waals surface area (Å²) in [6, 6.07) is 11.7. The van der Waals surface area contributed by atoms with Gasteiger partial charge in [0.2, 0.25) is 0 Å². The SMILES string of the molecule is COc1c(I)cccc1C(=O)Nc1ccc2c(c1)CN(C)CC2. The fraction of sp³-hybridized carbons (Fsp3) is 0.278. The molecule has 1 heterocycles. The molecule has 5 heteroatoms. The van der Waals surface area contributed by atoms with Crippen molar-refractivity contribution in [2.45, 2.75) is 13.0 Å². The Bertz CT molecular complexity index is 746. The molecule has 1 aliphatic heterocycles. The minimum absolute atomic E-state index is 0.149. The molecule has 0 radical (unpaired) electrons. The average Bonchev–Trinajstić information content (AvgIpc) is 2.54. The van der Waals surface area contributed by atoms with Crippen LogP contribution in [0.4, 0.5) is 5.69 Å². The van der Waals surface area contributed by atoms with Crippen LogP contribution in [0.25, 0.3) is 0 Å². The van der Waals surface area contributed by atoms with E-state index in [-0.39, 0.29) is 5.91 Å². The third-order valence-corrected chi connectivity index (χ3v) is 4.93. The lowest BCUT2D eigenvalue weighted by molar-refractivity contribution is 0.102. The van der Waals surface area contributed by atoms with Crippen molar-refractivity contribution in [1.29, 1.82) is 0 Å². The Hall–Kier alpha value is -1.60. The van der Waals surface area contributed by atoms with Crippen molar-refractivity contribution >= 4 is 34.2 Å². The van der Waals surface area contributed by atoms with E-state index in [0.29, 0.717) is 11.3 Å². The Morgan fingerprint density at radius 1 is 1.26 bits per heavy atom. The number of nitrogens with one attached hydrogen (secondary N) is 1. The number of nitrogens with zero attached hydrogens (tertiary/aromatic N) is 1. The second-order valence-electron chi connectivity index (χ2n) is 5.75. The van der Waals surface area contributed by atoms with E-state index in [2.05, 4.69) is 52.0 Å². The first kappa shape index (κ1) is 16.3. The van der Waals surface area contributed by atoms with Crippen LogP contribution in [0, 0.1) is 3.57 Å². The number of hydrogen-bond donors (Lipinski definition) is 1. The first-order valence-electron chi connectivity index (χ1n) is 7.52. The maximum absolute atomic E-state index is 12.6. The number of rotatable bonds is 3. The molecular weight excluding hydrogens is 403 g/mol. The number of ether oxygens (including phenoxy) is 1. The average molecular weight is 422 g/mol. The van der Waals surface area contributed by atoms with Gasteiger partial charge < -0.3 is 15.0 Å². The van der Waals surface area contributed by atoms with E-state index in [1.165, 1.54) is 11.1 Å². The number of anilines is 1. The van der Waals surface area contributed by atoms with Crippen LogP contribution in [0.1, 0.15) is 21.5 Å². The summed E-state index contributed by atoms with van der Waals surface area (Å²) in [4.78, 5) is 14.9. The summed E-state index contributed by atoms with van der Waals surface area (Å²) in [5.41, 5.74) is 4.03. The minimum Gasteiger partial charge on any atom is -0.495 e. The first-order valence-corrected chi connectivity index (χ1v) is 8.60. The zero-order valence-electron chi connectivity index (χ0n) is 13.2. The molecule has 2 aromatic rings. The topological polar surface area (TPSA) is 41.6 Å². The number of para-hydroxylation sites is 1. The Morgan fingerprint density at radius 2 is 2.09 bits per heavy atom. The highest BCUT2D eigenvalue weighted by atomic mass is 127. The van der Waals surface area contributed by atoms with Gasteiger partial charge in [-0.25, -0.2) is 0 Å². The molecule has 23 heavy (non-hydrogen) atoms. The molecule has 0 aliphatic carbocycles. The molecule has 4 nitrogen and oxygen atoms in total. The Labute approximate surface area is 150 Å². The molecule has 0 saturated carbocycles. The maximum atomic E-state index is 12.6. The van der Waals surface area contributed by atoms with Crippen LogP contribution in [-0.2, 0) is 13.0 Å². The number of amides is 1. The van der Waals surface area contributed by atoms with Crippen LogP contribution in [0.5, 0.6) is 5.75 Å². The highest BCUT2D eigenvalue weighted by Gasteiger charge is 2.17. The van der Waals surface area contributed by atoms with Gasteiger partial charge in [0.1, 0.15) is 5.75 Å². The summed E-state index contributed by atoms with van der Waals surface area (Å²) in [5.74, 6) is 0.466. The number of fused-ring (bicyclic) bond motifs is 1. The third kappa shape index (κ3) is 3.50. The number of likely N-dealkylation sites (N-methyl/N-ethyl adjacent to an activating group) is 1. The van der Waals surface area contributed by atoms with E-state index < -0.39 is 0 Å². The van der Waals surface area contributed by atoms with Crippen LogP contribution in [0.15, 0.2) is 36.4 Å². The number of methoxy groups -OCH3 is 1. The van der Waals surface area contributed by atoms with E-state index >= 15 is 0 Å². The van der Waals surface area contributed by atoms with Crippen molar-refractivity contribution in [3.63, 3.8) is 0 Å². The third-order valence-electron chi connectivity index (χ3n) is 4.08. The molecule has 2 aromatic carbocycles. The summed E-state index contributed by atoms with van der Waals surface area (Å²) >= 11 is 2.17. The normalized spacial score (nSPS) is 14.2. The van der Waals surface area contributed by atoms with Crippen molar-refractivity contribution in [2.24, 2.45) is 0 Å². The van der Waals surface area contributed by atoms with Gasteiger partial charge in [-0.1, -0.05) is 12.1 Å². The predicted octanol–water partition coefficient (Wildman–Crippen LogP) is 3.54. The molecule has 0 unspecified atom stereocenters. The van der Waals surface area contributed by atoms with Crippen LogP contribution < -0.4 is 10.1 Å². The number of halogens is 1. The fourth-order valence-electron chi connectivity index (χ4n) is 2.87. The summed E-state index contributed by atoms with van der Waals surface area (Å²) in [6.07, 6.45) is 1.06. The van der Waals surface area contributed by atoms with Crippen molar-refractivity contribution in [3.05, 3.63) is 56.7 Å². The van der Waals surface area contributed by atoms with Gasteiger partial charge in [0, 0.05) is 18.8 Å². The van der Waals surface area contributed by atoms with E-state index in [0.717, 1.165) is 28.8 Å². The van der Waals surface area contributed by atoms with Crippen molar-refractivity contribution in [3.8, 4) is 5.75 Å². The summed E-state index contributed by atoms with van der Waals surface area (Å²) in [7, 11) is 3.70. The van der Waals surface area contributed by atoms with Gasteiger partial charge in [0.15, 0.2) is 0 Å². The first-order chi connectivity index (χ1) is 11.1. The quantitative estimate of drug-likeness (QED) is 0.770. The molecule has 120 valence electrons. The highest BCUT2D eigenvalue weighted by Crippen LogP contribution is 2.27. The van der Waals surface area contributed by atoms with Crippen molar-refractivity contribution in [1.82, 2.24) is 4.90 Å². The minimum atomic E-state index is -0.149. The van der Waals surface area contributed by atoms with Gasteiger partial charge in [-0.2, -0.15) is 0 Å². The summed E-state index contributed by atoms with van der Waals surface area (Å²) in [6.45, 7) is 2.00. The molecular formula is C18H19IN2O2. The van der Waals surface area contributed by atoms with Crippen LogP contribution in [0.3, 0.4) is 0 Å². The lowest BCUT2D eigenvalue weighted by atomic mass is 9.99. The van der Waals surface area contributed by atoms with E-state index in [1.54, 1.807) is 13.2 Å². The second-order valence-corrected chi connectivity index (χ2v) is 6.91. The van der Waals surface area contributed by atoms with E-state index in [1.807, 2.05) is 18.2 Å². The standard InChI is InChI=1S/C18H19IN2O2/c1-21-9-8-12-6-7-14(10-13(12)11-21)20-18(22)15-4-3-5-16(19)17(15)23-2/h3-7,10H,8-9,11H2,1-2H3,(H,20,22). The Kier molecular flexibility index (Phi) is 4.87. The van der Waals surface area contributed by atoms with Gasteiger partial charge >= 0.3 is 0 Å². The zero-order chi connectivity index (χ0) is 16.4. The maximum Gasteiger partial charge on any atom is 0.259 e. The molecule has 1 amide bonds. The van der Waals surface area contributed by atoms with Gasteiger partial charge in [-0.05, 0) is 71.5 Å². The molecule has 0 aromatic heterocycles. The molecule has 0 fully saturated rings. The molecule has 0 bridgehead atoms. The number of hydrogen-bond acceptors (Lipinski definition) is 3. The smallest absolute Gasteiger partial charge is 0.259 e. The van der Waals surface area contributed by atoms with Gasteiger partial charge in [0.05, 0.1) is 16.2 Å². The molecule has 1 aliphatic rings. The van der Waals surface area contributed by atoms with E-state index in [9.17, 15) is 4.79 Å². The van der Waals surface area contributed by atoms with E-state index in [4.69, 9.17) is 4.74 Å². The molecule has 3 rings (SSSR count). The molecule has 0 atom stereocenters. The molecule has 0 spiro atoms. The molecule has 0 saturated heterocycles. The van der Waals surface area contributed by atoms with Crippen molar-refractivity contribution < 1.29 is 9.53 Å². The van der Waals surface area contributed by atoms with Gasteiger partial charge in [-0.3, -0.25) is 4.79 Å². The monoisotopic (exact) mass is 422 g/mol. The Morgan fingerprint density at radius 3 is 2.87 bits per heavy atom. The number of carbonyl (C=O) groups excluding carboxylic acids is 1. The summed E-state index contributed by atoms with van der Waals surface area (Å²) in [5, 5.41) is 2.98. The lowest BCUT2D eigenvalue weighted by Gasteiger charge is -2.25. The van der Waals surface area contributed by atoms with Gasteiger partial charge in [0.25, 0.3) is 5.91 Å². The lowest BCUT2D eigenvalue weighted by Crippen LogP contribution is -2.26. The predicted molar refractivity (Wildman–Crippen MR) is 100 cm³/mol. The largest absolute Gasteiger partial charge is 0.495 e. The zero-order valence-corrected chi connectivity index (χ0v) is 15.4.